The largest absolute Gasteiger partial charge is 0.341 e. The molecule has 2 aliphatic heterocycles. The van der Waals surface area contributed by atoms with Crippen molar-refractivity contribution in [3.05, 3.63) is 71.4 Å². The number of nitrogens with zero attached hydrogens (tertiary/aromatic N) is 5. The molecule has 158 valence electrons. The number of pyridine rings is 2. The van der Waals surface area contributed by atoms with Crippen molar-refractivity contribution in [2.24, 2.45) is 11.3 Å². The van der Waals surface area contributed by atoms with Crippen LogP contribution in [0.1, 0.15) is 30.9 Å². The minimum atomic E-state index is -0.274. The van der Waals surface area contributed by atoms with E-state index in [1.165, 1.54) is 0 Å². The highest BCUT2D eigenvalue weighted by Crippen LogP contribution is 2.50. The zero-order chi connectivity index (χ0) is 21.0. The number of amides is 1. The molecule has 2 bridgehead atoms. The van der Waals surface area contributed by atoms with E-state index in [9.17, 15) is 9.59 Å². The summed E-state index contributed by atoms with van der Waals surface area (Å²) in [5, 5.41) is 0. The van der Waals surface area contributed by atoms with Gasteiger partial charge in [-0.15, -0.1) is 0 Å². The SMILES string of the molecule is O=C(N1C[C@@H]2C[C@H](C1)c1cc(-c3cccnc3)cc(=O)n1C2)C1(Cn2ccnc2)CC1. The molecule has 2 fully saturated rings. The lowest BCUT2D eigenvalue weighted by molar-refractivity contribution is -0.140. The maximum Gasteiger partial charge on any atom is 0.251 e. The zero-order valence-electron chi connectivity index (χ0n) is 17.4. The fraction of sp³-hybridized carbons (Fsp3) is 0.417. The second-order valence-corrected chi connectivity index (χ2v) is 9.38. The predicted octanol–water partition coefficient (Wildman–Crippen LogP) is 2.53. The monoisotopic (exact) mass is 415 g/mol. The van der Waals surface area contributed by atoms with Gasteiger partial charge in [-0.05, 0) is 42.9 Å². The first-order valence-electron chi connectivity index (χ1n) is 11.0. The first-order chi connectivity index (χ1) is 15.1. The number of carbonyl (C=O) groups excluding carboxylic acids is 1. The van der Waals surface area contributed by atoms with Crippen molar-refractivity contribution in [2.75, 3.05) is 13.1 Å². The highest BCUT2D eigenvalue weighted by molar-refractivity contribution is 5.85. The van der Waals surface area contributed by atoms with E-state index in [2.05, 4.69) is 20.9 Å². The Labute approximate surface area is 180 Å². The Morgan fingerprint density at radius 3 is 2.74 bits per heavy atom. The Bertz CT molecular complexity index is 1180. The number of rotatable bonds is 4. The zero-order valence-corrected chi connectivity index (χ0v) is 17.4. The molecule has 5 heterocycles. The maximum atomic E-state index is 13.5. The normalized spacial score (nSPS) is 23.3. The lowest BCUT2D eigenvalue weighted by Crippen LogP contribution is -2.51. The molecule has 3 aromatic heterocycles. The summed E-state index contributed by atoms with van der Waals surface area (Å²) in [6, 6.07) is 7.72. The van der Waals surface area contributed by atoms with Crippen molar-refractivity contribution in [3.8, 4) is 11.1 Å². The molecule has 0 N–H and O–H groups in total. The lowest BCUT2D eigenvalue weighted by Gasteiger charge is -2.44. The topological polar surface area (TPSA) is 73.0 Å². The Balaban J connectivity index is 1.29. The van der Waals surface area contributed by atoms with Gasteiger partial charge in [0.05, 0.1) is 11.7 Å². The van der Waals surface area contributed by atoms with Gasteiger partial charge in [0, 0.05) is 74.2 Å². The van der Waals surface area contributed by atoms with Crippen molar-refractivity contribution in [1.82, 2.24) is 24.0 Å². The van der Waals surface area contributed by atoms with E-state index in [-0.39, 0.29) is 22.8 Å². The van der Waals surface area contributed by atoms with Crippen LogP contribution in [0.5, 0.6) is 0 Å². The van der Waals surface area contributed by atoms with E-state index in [0.717, 1.165) is 42.6 Å². The summed E-state index contributed by atoms with van der Waals surface area (Å²) in [5.41, 5.74) is 2.68. The number of hydrogen-bond donors (Lipinski definition) is 0. The third-order valence-electron chi connectivity index (χ3n) is 7.19. The van der Waals surface area contributed by atoms with Crippen LogP contribution in [-0.4, -0.2) is 43.0 Å². The van der Waals surface area contributed by atoms with E-state index < -0.39 is 0 Å². The fourth-order valence-electron chi connectivity index (χ4n) is 5.48. The van der Waals surface area contributed by atoms with Gasteiger partial charge in [-0.1, -0.05) is 6.07 Å². The molecule has 31 heavy (non-hydrogen) atoms. The number of carbonyl (C=O) groups is 1. The molecule has 0 radical (unpaired) electrons. The van der Waals surface area contributed by atoms with Gasteiger partial charge >= 0.3 is 0 Å². The second kappa shape index (κ2) is 6.90. The van der Waals surface area contributed by atoms with Crippen LogP contribution in [0.15, 0.2) is 60.2 Å². The van der Waals surface area contributed by atoms with Gasteiger partial charge in [-0.2, -0.15) is 0 Å². The molecule has 2 atom stereocenters. The number of hydrogen-bond acceptors (Lipinski definition) is 4. The Morgan fingerprint density at radius 1 is 1.10 bits per heavy atom. The summed E-state index contributed by atoms with van der Waals surface area (Å²) >= 11 is 0. The highest BCUT2D eigenvalue weighted by atomic mass is 16.2. The molecular weight excluding hydrogens is 390 g/mol. The van der Waals surface area contributed by atoms with Crippen LogP contribution in [-0.2, 0) is 17.9 Å². The van der Waals surface area contributed by atoms with Crippen LogP contribution >= 0.6 is 0 Å². The van der Waals surface area contributed by atoms with Crippen molar-refractivity contribution >= 4 is 5.91 Å². The molecule has 1 saturated heterocycles. The number of imidazole rings is 1. The first kappa shape index (κ1) is 18.5. The number of piperidine rings is 1. The summed E-state index contributed by atoms with van der Waals surface area (Å²) in [5.74, 6) is 0.807. The van der Waals surface area contributed by atoms with Gasteiger partial charge in [0.1, 0.15) is 0 Å². The summed E-state index contributed by atoms with van der Waals surface area (Å²) in [6.45, 7) is 2.84. The smallest absolute Gasteiger partial charge is 0.251 e. The van der Waals surface area contributed by atoms with Crippen molar-refractivity contribution in [1.29, 1.82) is 0 Å². The Morgan fingerprint density at radius 2 is 2.00 bits per heavy atom. The highest BCUT2D eigenvalue weighted by Gasteiger charge is 2.53. The number of fused-ring (bicyclic) bond motifs is 4. The average molecular weight is 415 g/mol. The van der Waals surface area contributed by atoms with Crippen molar-refractivity contribution in [2.45, 2.75) is 38.3 Å². The molecule has 1 saturated carbocycles. The first-order valence-corrected chi connectivity index (χ1v) is 11.0. The molecule has 3 aromatic rings. The van der Waals surface area contributed by atoms with Gasteiger partial charge < -0.3 is 14.0 Å². The molecule has 0 unspecified atom stereocenters. The molecule has 6 rings (SSSR count). The molecule has 0 spiro atoms. The molecule has 7 heteroatoms. The van der Waals surface area contributed by atoms with Gasteiger partial charge in [0.25, 0.3) is 5.56 Å². The molecule has 3 aliphatic rings. The molecule has 1 amide bonds. The predicted molar refractivity (Wildman–Crippen MR) is 115 cm³/mol. The summed E-state index contributed by atoms with van der Waals surface area (Å²) in [7, 11) is 0. The van der Waals surface area contributed by atoms with Gasteiger partial charge in [-0.25, -0.2) is 4.98 Å². The van der Waals surface area contributed by atoms with E-state index in [1.54, 1.807) is 31.0 Å². The number of likely N-dealkylation sites (tertiary alicyclic amines) is 1. The average Bonchev–Trinajstić information content (AvgIpc) is 3.39. The minimum Gasteiger partial charge on any atom is -0.341 e. The maximum absolute atomic E-state index is 13.5. The van der Waals surface area contributed by atoms with Gasteiger partial charge in [-0.3, -0.25) is 14.6 Å². The minimum absolute atomic E-state index is 0.0459. The van der Waals surface area contributed by atoms with E-state index in [0.29, 0.717) is 25.6 Å². The second-order valence-electron chi connectivity index (χ2n) is 9.38. The molecule has 1 aliphatic carbocycles. The Kier molecular flexibility index (Phi) is 4.13. The standard InChI is InChI=1S/C24H25N5O2/c30-22-10-19(18-2-1-5-25-11-18)9-21-20-8-17(13-29(21)22)12-28(14-20)23(31)24(3-4-24)15-27-7-6-26-16-27/h1-2,5-7,9-11,16-17,20H,3-4,8,12-15H2/t17-,20+/m0/s1. The van der Waals surface area contributed by atoms with Gasteiger partial charge in [0.15, 0.2) is 0 Å². The Hall–Kier alpha value is -3.22. The molecular formula is C24H25N5O2. The number of aromatic nitrogens is 4. The van der Waals surface area contributed by atoms with Crippen LogP contribution in [0.25, 0.3) is 11.1 Å². The third kappa shape index (κ3) is 3.19. The van der Waals surface area contributed by atoms with Crippen molar-refractivity contribution in [3.63, 3.8) is 0 Å². The third-order valence-corrected chi connectivity index (χ3v) is 7.19. The van der Waals surface area contributed by atoms with Crippen molar-refractivity contribution < 1.29 is 4.79 Å². The van der Waals surface area contributed by atoms with Crippen LogP contribution < -0.4 is 5.56 Å². The molecule has 0 aromatic carbocycles. The fourth-order valence-corrected chi connectivity index (χ4v) is 5.48. The van der Waals surface area contributed by atoms with E-state index in [1.807, 2.05) is 27.5 Å². The van der Waals surface area contributed by atoms with Crippen LogP contribution in [0.3, 0.4) is 0 Å². The summed E-state index contributed by atoms with van der Waals surface area (Å²) in [6.07, 6.45) is 11.9. The van der Waals surface area contributed by atoms with E-state index in [4.69, 9.17) is 0 Å². The quantitative estimate of drug-likeness (QED) is 0.656. The lowest BCUT2D eigenvalue weighted by atomic mass is 9.82. The van der Waals surface area contributed by atoms with Crippen LogP contribution in [0.4, 0.5) is 0 Å². The van der Waals surface area contributed by atoms with Crippen LogP contribution in [0, 0.1) is 11.3 Å². The summed E-state index contributed by atoms with van der Waals surface area (Å²) in [4.78, 5) is 36.8. The van der Waals surface area contributed by atoms with E-state index >= 15 is 0 Å². The summed E-state index contributed by atoms with van der Waals surface area (Å²) < 4.78 is 3.95. The van der Waals surface area contributed by atoms with Gasteiger partial charge in [0.2, 0.25) is 5.91 Å². The van der Waals surface area contributed by atoms with Crippen LogP contribution in [0.2, 0.25) is 0 Å². The molecule has 7 nitrogen and oxygen atoms in total.